The minimum Gasteiger partial charge on any atom is -0.363 e. The van der Waals surface area contributed by atoms with Gasteiger partial charge < -0.3 is 10.6 Å². The summed E-state index contributed by atoms with van der Waals surface area (Å²) in [5.41, 5.74) is 4.10. The van der Waals surface area contributed by atoms with E-state index >= 15 is 0 Å². The summed E-state index contributed by atoms with van der Waals surface area (Å²) in [7, 11) is 0. The lowest BCUT2D eigenvalue weighted by molar-refractivity contribution is 0.102. The first-order valence-corrected chi connectivity index (χ1v) is 7.96. The van der Waals surface area contributed by atoms with Crippen LogP contribution in [0.2, 0.25) is 0 Å². The van der Waals surface area contributed by atoms with Crippen LogP contribution in [0.5, 0.6) is 0 Å². The molecule has 0 radical (unpaired) electrons. The normalized spacial score (nSPS) is 10.3. The Morgan fingerprint density at radius 1 is 1.04 bits per heavy atom. The van der Waals surface area contributed by atoms with E-state index < -0.39 is 0 Å². The molecule has 6 heteroatoms. The van der Waals surface area contributed by atoms with Crippen molar-refractivity contribution in [2.24, 2.45) is 0 Å². The van der Waals surface area contributed by atoms with Crippen molar-refractivity contribution in [3.8, 4) is 0 Å². The zero-order chi connectivity index (χ0) is 17.6. The number of carbonyl (C=O) groups is 1. The van der Waals surface area contributed by atoms with Gasteiger partial charge in [-0.3, -0.25) is 9.78 Å². The molecule has 0 aliphatic carbocycles. The van der Waals surface area contributed by atoms with E-state index in [9.17, 15) is 4.79 Å². The van der Waals surface area contributed by atoms with E-state index in [0.717, 1.165) is 22.5 Å². The summed E-state index contributed by atoms with van der Waals surface area (Å²) < 4.78 is 0. The molecule has 0 spiro atoms. The highest BCUT2D eigenvalue weighted by molar-refractivity contribution is 6.03. The van der Waals surface area contributed by atoms with Crippen molar-refractivity contribution in [2.75, 3.05) is 10.6 Å². The van der Waals surface area contributed by atoms with Gasteiger partial charge in [-0.2, -0.15) is 0 Å². The summed E-state index contributed by atoms with van der Waals surface area (Å²) >= 11 is 0. The molecule has 0 bridgehead atoms. The minimum atomic E-state index is -0.282. The van der Waals surface area contributed by atoms with Crippen LogP contribution >= 0.6 is 0 Å². The van der Waals surface area contributed by atoms with Gasteiger partial charge in [0.05, 0.1) is 24.6 Å². The van der Waals surface area contributed by atoms with Gasteiger partial charge in [0.15, 0.2) is 0 Å². The molecule has 0 aliphatic heterocycles. The van der Waals surface area contributed by atoms with Gasteiger partial charge in [-0.15, -0.1) is 0 Å². The summed E-state index contributed by atoms with van der Waals surface area (Å²) in [6.07, 6.45) is 4.74. The monoisotopic (exact) mass is 333 g/mol. The van der Waals surface area contributed by atoms with Crippen molar-refractivity contribution in [1.82, 2.24) is 15.0 Å². The average molecular weight is 333 g/mol. The highest BCUT2D eigenvalue weighted by atomic mass is 16.1. The summed E-state index contributed by atoms with van der Waals surface area (Å²) in [4.78, 5) is 24.9. The molecule has 126 valence electrons. The molecule has 0 atom stereocenters. The topological polar surface area (TPSA) is 79.8 Å². The number of aromatic nitrogens is 3. The molecule has 25 heavy (non-hydrogen) atoms. The molecule has 2 N–H and O–H groups in total. The largest absolute Gasteiger partial charge is 0.363 e. The first-order valence-electron chi connectivity index (χ1n) is 7.96. The second-order valence-corrected chi connectivity index (χ2v) is 5.73. The summed E-state index contributed by atoms with van der Waals surface area (Å²) in [5.74, 6) is 0.310. The molecule has 3 rings (SSSR count). The van der Waals surface area contributed by atoms with E-state index in [1.165, 1.54) is 6.20 Å². The number of pyridine rings is 1. The Bertz CT molecular complexity index is 863. The molecule has 0 saturated carbocycles. The van der Waals surface area contributed by atoms with E-state index in [2.05, 4.69) is 25.6 Å². The van der Waals surface area contributed by atoms with E-state index in [4.69, 9.17) is 0 Å². The summed E-state index contributed by atoms with van der Waals surface area (Å²) in [6.45, 7) is 4.52. The van der Waals surface area contributed by atoms with Crippen molar-refractivity contribution in [3.63, 3.8) is 0 Å². The minimum absolute atomic E-state index is 0.267. The van der Waals surface area contributed by atoms with Crippen LogP contribution in [0.15, 0.2) is 55.0 Å². The summed E-state index contributed by atoms with van der Waals surface area (Å²) in [6, 6.07) is 11.6. The molecule has 2 heterocycles. The molecule has 0 fully saturated rings. The molecule has 2 aromatic heterocycles. The third kappa shape index (κ3) is 4.38. The number of benzene rings is 1. The standard InChI is InChI=1S/C19H19N5O/c1-13-6-7-16(14(2)9-13)24-19(25)17-11-23-18(12-21-17)22-10-15-5-3-4-8-20-15/h3-9,11-12H,10H2,1-2H3,(H,22,23)(H,24,25). The van der Waals surface area contributed by atoms with E-state index in [1.807, 2.05) is 50.2 Å². The van der Waals surface area contributed by atoms with Crippen LogP contribution < -0.4 is 10.6 Å². The predicted molar refractivity (Wildman–Crippen MR) is 97.5 cm³/mol. The van der Waals surface area contributed by atoms with E-state index in [0.29, 0.717) is 12.4 Å². The van der Waals surface area contributed by atoms with Gasteiger partial charge in [0, 0.05) is 11.9 Å². The summed E-state index contributed by atoms with van der Waals surface area (Å²) in [5, 5.41) is 5.98. The fourth-order valence-electron chi connectivity index (χ4n) is 2.36. The number of carbonyl (C=O) groups excluding carboxylic acids is 1. The molecule has 0 saturated heterocycles. The lowest BCUT2D eigenvalue weighted by Crippen LogP contribution is -2.15. The SMILES string of the molecule is Cc1ccc(NC(=O)c2cnc(NCc3ccccn3)cn2)c(C)c1. The molecule has 6 nitrogen and oxygen atoms in total. The molecule has 1 amide bonds. The lowest BCUT2D eigenvalue weighted by Gasteiger charge is -2.09. The van der Waals surface area contributed by atoms with Crippen LogP contribution in [0.4, 0.5) is 11.5 Å². The van der Waals surface area contributed by atoms with Gasteiger partial charge in [0.1, 0.15) is 11.5 Å². The quantitative estimate of drug-likeness (QED) is 0.748. The Kier molecular flexibility index (Phi) is 4.99. The molecule has 0 unspecified atom stereocenters. The number of nitrogens with zero attached hydrogens (tertiary/aromatic N) is 3. The van der Waals surface area contributed by atoms with Crippen LogP contribution in [0.1, 0.15) is 27.3 Å². The highest BCUT2D eigenvalue weighted by Crippen LogP contribution is 2.16. The van der Waals surface area contributed by atoms with Crippen LogP contribution in [0.3, 0.4) is 0 Å². The average Bonchev–Trinajstić information content (AvgIpc) is 2.63. The van der Waals surface area contributed by atoms with Crippen molar-refractivity contribution in [3.05, 3.63) is 77.5 Å². The van der Waals surface area contributed by atoms with Gasteiger partial charge in [-0.1, -0.05) is 23.8 Å². The Balaban J connectivity index is 1.62. The lowest BCUT2D eigenvalue weighted by atomic mass is 10.1. The van der Waals surface area contributed by atoms with Gasteiger partial charge >= 0.3 is 0 Å². The fraction of sp³-hybridized carbons (Fsp3) is 0.158. The first kappa shape index (κ1) is 16.6. The van der Waals surface area contributed by atoms with Gasteiger partial charge in [-0.25, -0.2) is 9.97 Å². The predicted octanol–water partition coefficient (Wildman–Crippen LogP) is 3.35. The van der Waals surface area contributed by atoms with Crippen LogP contribution in [0, 0.1) is 13.8 Å². The van der Waals surface area contributed by atoms with Crippen molar-refractivity contribution >= 4 is 17.4 Å². The molecule has 1 aromatic carbocycles. The Morgan fingerprint density at radius 3 is 2.60 bits per heavy atom. The van der Waals surface area contributed by atoms with E-state index in [1.54, 1.807) is 12.4 Å². The molecular formula is C19H19N5O. The molecule has 0 aliphatic rings. The zero-order valence-electron chi connectivity index (χ0n) is 14.2. The maximum atomic E-state index is 12.3. The number of hydrogen-bond donors (Lipinski definition) is 2. The number of amides is 1. The highest BCUT2D eigenvalue weighted by Gasteiger charge is 2.10. The number of aryl methyl sites for hydroxylation is 2. The van der Waals surface area contributed by atoms with Crippen LogP contribution in [-0.2, 0) is 6.54 Å². The zero-order valence-corrected chi connectivity index (χ0v) is 14.2. The fourth-order valence-corrected chi connectivity index (χ4v) is 2.36. The van der Waals surface area contributed by atoms with E-state index in [-0.39, 0.29) is 11.6 Å². The second-order valence-electron chi connectivity index (χ2n) is 5.73. The maximum Gasteiger partial charge on any atom is 0.275 e. The first-order chi connectivity index (χ1) is 12.1. The Morgan fingerprint density at radius 2 is 1.92 bits per heavy atom. The van der Waals surface area contributed by atoms with Gasteiger partial charge in [-0.05, 0) is 37.6 Å². The third-order valence-electron chi connectivity index (χ3n) is 3.69. The third-order valence-corrected chi connectivity index (χ3v) is 3.69. The number of nitrogens with one attached hydrogen (secondary N) is 2. The molecular weight excluding hydrogens is 314 g/mol. The molecule has 3 aromatic rings. The Labute approximate surface area is 146 Å². The van der Waals surface area contributed by atoms with Crippen LogP contribution in [-0.4, -0.2) is 20.9 Å². The number of anilines is 2. The smallest absolute Gasteiger partial charge is 0.275 e. The van der Waals surface area contributed by atoms with Gasteiger partial charge in [0.2, 0.25) is 0 Å². The van der Waals surface area contributed by atoms with Crippen molar-refractivity contribution in [1.29, 1.82) is 0 Å². The second kappa shape index (κ2) is 7.53. The van der Waals surface area contributed by atoms with Gasteiger partial charge in [0.25, 0.3) is 5.91 Å². The number of hydrogen-bond acceptors (Lipinski definition) is 5. The van der Waals surface area contributed by atoms with Crippen molar-refractivity contribution < 1.29 is 4.79 Å². The van der Waals surface area contributed by atoms with Crippen LogP contribution in [0.25, 0.3) is 0 Å². The maximum absolute atomic E-state index is 12.3. The number of rotatable bonds is 5. The van der Waals surface area contributed by atoms with Crippen molar-refractivity contribution in [2.45, 2.75) is 20.4 Å². The Hall–Kier alpha value is -3.28.